The number of rotatable bonds is 0. The first-order chi connectivity index (χ1) is 1.73. The zero-order valence-electron chi connectivity index (χ0n) is 3.97. The van der Waals surface area contributed by atoms with E-state index in [-0.39, 0.29) is 37.4 Å². The zero-order chi connectivity index (χ0) is 3.58. The van der Waals surface area contributed by atoms with Crippen molar-refractivity contribution in [3.63, 3.8) is 0 Å². The van der Waals surface area contributed by atoms with Gasteiger partial charge in [0.25, 0.3) is 5.97 Å². The van der Waals surface area contributed by atoms with Crippen molar-refractivity contribution < 1.29 is 34.9 Å². The van der Waals surface area contributed by atoms with Gasteiger partial charge in [0.1, 0.15) is 0 Å². The van der Waals surface area contributed by atoms with Crippen LogP contribution in [0, 0.1) is 0 Å². The molecule has 5 heteroatoms. The summed E-state index contributed by atoms with van der Waals surface area (Å²) in [6, 6.07) is 0. The number of hydrogen-bond donors (Lipinski definition) is 1. The quantitative estimate of drug-likeness (QED) is 0.519. The van der Waals surface area contributed by atoms with E-state index in [1.54, 1.807) is 0 Å². The maximum Gasteiger partial charge on any atom is 0.300 e. The predicted molar refractivity (Wildman–Crippen MR) is 24.2 cm³/mol. The van der Waals surface area contributed by atoms with Crippen LogP contribution in [0.15, 0.2) is 0 Å². The molecule has 0 aromatic rings. The summed E-state index contributed by atoms with van der Waals surface area (Å²) < 4.78 is 0. The van der Waals surface area contributed by atoms with Crippen molar-refractivity contribution in [1.29, 1.82) is 0 Å². The molecule has 3 nitrogen and oxygen atoms in total. The molecule has 0 unspecified atom stereocenters. The van der Waals surface area contributed by atoms with E-state index in [0.717, 1.165) is 6.92 Å². The smallest absolute Gasteiger partial charge is 0.300 e. The standard InChI is InChI=1S/C2H4O2.ClH.H2O.Zn/c1-2(3)4;;;/h1H3,(H,3,4);1H;1H2;. The van der Waals surface area contributed by atoms with Gasteiger partial charge in [-0.15, -0.1) is 12.4 Å². The fraction of sp³-hybridized carbons (Fsp3) is 0.500. The van der Waals surface area contributed by atoms with Crippen molar-refractivity contribution in [2.24, 2.45) is 0 Å². The van der Waals surface area contributed by atoms with E-state index in [2.05, 4.69) is 0 Å². The zero-order valence-corrected chi connectivity index (χ0v) is 7.75. The average Bonchev–Trinajstić information content (AvgIpc) is 0.811. The Morgan fingerprint density at radius 3 is 1.57 bits per heavy atom. The molecule has 0 aliphatic heterocycles. The van der Waals surface area contributed by atoms with E-state index >= 15 is 0 Å². The second kappa shape index (κ2) is 16.2. The van der Waals surface area contributed by atoms with E-state index in [0.29, 0.717) is 0 Å². The first kappa shape index (κ1) is 26.4. The van der Waals surface area contributed by atoms with Gasteiger partial charge in [-0.25, -0.2) is 0 Å². The topological polar surface area (TPSA) is 68.8 Å². The Balaban J connectivity index is -0.0000000150. The largest absolute Gasteiger partial charge is 0.481 e. The van der Waals surface area contributed by atoms with Gasteiger partial charge < -0.3 is 10.6 Å². The van der Waals surface area contributed by atoms with Gasteiger partial charge in [-0.1, -0.05) is 0 Å². The minimum Gasteiger partial charge on any atom is -0.481 e. The maximum absolute atomic E-state index is 9.00. The number of aliphatic carboxylic acids is 1. The SMILES string of the molecule is CC(=O)O.Cl.O.[Zn]. The first-order valence-electron chi connectivity index (χ1n) is 0.928. The molecular formula is C2H7ClO3Zn. The van der Waals surface area contributed by atoms with E-state index in [4.69, 9.17) is 9.90 Å². The predicted octanol–water partition coefficient (Wildman–Crippen LogP) is -0.315. The van der Waals surface area contributed by atoms with Gasteiger partial charge in [0.2, 0.25) is 0 Å². The van der Waals surface area contributed by atoms with Crippen LogP contribution >= 0.6 is 12.4 Å². The van der Waals surface area contributed by atoms with Gasteiger partial charge in [-0.2, -0.15) is 0 Å². The van der Waals surface area contributed by atoms with Crippen LogP contribution in [0.4, 0.5) is 0 Å². The van der Waals surface area contributed by atoms with Crippen molar-refractivity contribution in [1.82, 2.24) is 0 Å². The number of hydrogen-bond acceptors (Lipinski definition) is 1. The number of halogens is 1. The Morgan fingerprint density at radius 2 is 1.57 bits per heavy atom. The Hall–Kier alpha value is 0.343. The van der Waals surface area contributed by atoms with Gasteiger partial charge in [-0.3, -0.25) is 4.79 Å². The summed E-state index contributed by atoms with van der Waals surface area (Å²) in [5.41, 5.74) is 0. The molecule has 0 aliphatic carbocycles. The van der Waals surface area contributed by atoms with E-state index < -0.39 is 5.97 Å². The molecule has 0 aromatic carbocycles. The number of carboxylic acid groups (broad SMARTS) is 1. The van der Waals surface area contributed by atoms with Crippen LogP contribution in [0.1, 0.15) is 6.92 Å². The molecule has 0 saturated heterocycles. The third kappa shape index (κ3) is 1010. The summed E-state index contributed by atoms with van der Waals surface area (Å²) in [5.74, 6) is -0.833. The second-order valence-electron chi connectivity index (χ2n) is 0.519. The molecule has 0 spiro atoms. The molecule has 0 heterocycles. The van der Waals surface area contributed by atoms with Gasteiger partial charge in [0.05, 0.1) is 0 Å². The van der Waals surface area contributed by atoms with Crippen molar-refractivity contribution in [3.05, 3.63) is 0 Å². The van der Waals surface area contributed by atoms with Crippen LogP contribution in [0.25, 0.3) is 0 Å². The summed E-state index contributed by atoms with van der Waals surface area (Å²) in [6.07, 6.45) is 0. The summed E-state index contributed by atoms with van der Waals surface area (Å²) in [6.45, 7) is 1.08. The van der Waals surface area contributed by atoms with E-state index in [1.807, 2.05) is 0 Å². The van der Waals surface area contributed by atoms with Crippen LogP contribution in [-0.2, 0) is 24.3 Å². The minimum atomic E-state index is -0.833. The van der Waals surface area contributed by atoms with Crippen LogP contribution in [-0.4, -0.2) is 16.6 Å². The number of carbonyl (C=O) groups is 1. The van der Waals surface area contributed by atoms with Crippen molar-refractivity contribution in [2.75, 3.05) is 0 Å². The Labute approximate surface area is 60.6 Å². The third-order valence-electron chi connectivity index (χ3n) is 0. The van der Waals surface area contributed by atoms with E-state index in [9.17, 15) is 0 Å². The fourth-order valence-corrected chi connectivity index (χ4v) is 0. The van der Waals surface area contributed by atoms with Crippen molar-refractivity contribution in [3.8, 4) is 0 Å². The third-order valence-corrected chi connectivity index (χ3v) is 0. The summed E-state index contributed by atoms with van der Waals surface area (Å²) in [5, 5.41) is 7.42. The summed E-state index contributed by atoms with van der Waals surface area (Å²) in [4.78, 5) is 9.00. The van der Waals surface area contributed by atoms with E-state index in [1.165, 1.54) is 0 Å². The molecule has 7 heavy (non-hydrogen) atoms. The average molecular weight is 180 g/mol. The monoisotopic (exact) mass is 178 g/mol. The molecule has 3 N–H and O–H groups in total. The molecule has 0 atom stereocenters. The van der Waals surface area contributed by atoms with Crippen molar-refractivity contribution in [2.45, 2.75) is 6.92 Å². The molecule has 0 radical (unpaired) electrons. The molecule has 0 fully saturated rings. The Kier molecular flexibility index (Phi) is 61.2. The first-order valence-corrected chi connectivity index (χ1v) is 0.928. The normalized spacial score (nSPS) is 3.57. The summed E-state index contributed by atoms with van der Waals surface area (Å²) >= 11 is 0. The van der Waals surface area contributed by atoms with Crippen LogP contribution in [0.2, 0.25) is 0 Å². The van der Waals surface area contributed by atoms with Crippen LogP contribution < -0.4 is 0 Å². The molecule has 0 rings (SSSR count). The number of carboxylic acids is 1. The molecule has 0 saturated carbocycles. The minimum absolute atomic E-state index is 0. The second-order valence-corrected chi connectivity index (χ2v) is 0.519. The van der Waals surface area contributed by atoms with Crippen LogP contribution in [0.5, 0.6) is 0 Å². The van der Waals surface area contributed by atoms with Gasteiger partial charge in [0, 0.05) is 26.4 Å². The Morgan fingerprint density at radius 1 is 1.57 bits per heavy atom. The van der Waals surface area contributed by atoms with Crippen molar-refractivity contribution >= 4 is 18.4 Å². The van der Waals surface area contributed by atoms with Gasteiger partial charge in [0.15, 0.2) is 0 Å². The van der Waals surface area contributed by atoms with Gasteiger partial charge in [-0.05, 0) is 0 Å². The molecular weight excluding hydrogens is 173 g/mol. The summed E-state index contributed by atoms with van der Waals surface area (Å²) in [7, 11) is 0. The van der Waals surface area contributed by atoms with Gasteiger partial charge >= 0.3 is 0 Å². The molecule has 0 amide bonds. The Bertz CT molecular complexity index is 35.9. The molecule has 0 aromatic heterocycles. The maximum atomic E-state index is 9.00. The fourth-order valence-electron chi connectivity index (χ4n) is 0. The molecule has 0 bridgehead atoms. The molecule has 42 valence electrons. The molecule has 0 aliphatic rings. The van der Waals surface area contributed by atoms with Crippen LogP contribution in [0.3, 0.4) is 0 Å².